The molecule has 0 amide bonds. The summed E-state index contributed by atoms with van der Waals surface area (Å²) in [6.07, 6.45) is 0. The Morgan fingerprint density at radius 2 is 0.473 bits per heavy atom. The van der Waals surface area contributed by atoms with Crippen molar-refractivity contribution < 1.29 is 0 Å². The summed E-state index contributed by atoms with van der Waals surface area (Å²) in [6.45, 7) is 10.7. The number of para-hydroxylation sites is 6. The number of benzene rings is 18. The van der Waals surface area contributed by atoms with Gasteiger partial charge in [-0.3, -0.25) is 0 Å². The van der Waals surface area contributed by atoms with Crippen molar-refractivity contribution in [1.29, 1.82) is 0 Å². The van der Waals surface area contributed by atoms with Crippen molar-refractivity contribution in [3.05, 3.63) is 483 Å². The van der Waals surface area contributed by atoms with Gasteiger partial charge in [0, 0.05) is 135 Å². The first-order chi connectivity index (χ1) is 64.5. The van der Waals surface area contributed by atoms with Crippen molar-refractivity contribution in [2.24, 2.45) is 0 Å². The Labute approximate surface area is 763 Å². The van der Waals surface area contributed by atoms with Gasteiger partial charge < -0.3 is 28.7 Å². The summed E-state index contributed by atoms with van der Waals surface area (Å²) in [5.74, 6) is 1.39. The van der Waals surface area contributed by atoms with Crippen LogP contribution in [0.2, 0.25) is 0 Å². The molecule has 10 nitrogen and oxygen atoms in total. The fourth-order valence-electron chi connectivity index (χ4n) is 18.7. The highest BCUT2D eigenvalue weighted by Gasteiger charge is 2.26. The van der Waals surface area contributed by atoms with Crippen LogP contribution in [0.4, 0.5) is 68.2 Å². The Bertz CT molecular complexity index is 7770. The lowest BCUT2D eigenvalue weighted by Gasteiger charge is -2.27. The summed E-state index contributed by atoms with van der Waals surface area (Å²) in [5.41, 5.74) is 36.4. The van der Waals surface area contributed by atoms with Gasteiger partial charge >= 0.3 is 0 Å². The third kappa shape index (κ3) is 15.4. The lowest BCUT2D eigenvalue weighted by atomic mass is 10.0. The van der Waals surface area contributed by atoms with E-state index in [1.165, 1.54) is 11.1 Å². The van der Waals surface area contributed by atoms with Crippen LogP contribution in [0.5, 0.6) is 0 Å². The van der Waals surface area contributed by atoms with E-state index >= 15 is 0 Å². The van der Waals surface area contributed by atoms with Crippen LogP contribution in [0.3, 0.4) is 0 Å². The fourth-order valence-corrected chi connectivity index (χ4v) is 18.7. The molecule has 0 N–H and O–H groups in total. The van der Waals surface area contributed by atoms with Gasteiger partial charge in [0.25, 0.3) is 0 Å². The summed E-state index contributed by atoms with van der Waals surface area (Å²) in [7, 11) is 0. The highest BCUT2D eigenvalue weighted by molar-refractivity contribution is 6.14. The predicted octanol–water partition coefficient (Wildman–Crippen LogP) is 32.6. The van der Waals surface area contributed by atoms with Crippen molar-refractivity contribution in [1.82, 2.24) is 29.1 Å². The van der Waals surface area contributed by atoms with Crippen LogP contribution < -0.4 is 19.6 Å². The average molecular weight is 1680 g/mol. The molecule has 0 aliphatic heterocycles. The van der Waals surface area contributed by atoms with Gasteiger partial charge in [0.15, 0.2) is 11.6 Å². The topological polar surface area (TPSA) is 74.4 Å². The molecule has 0 radical (unpaired) electrons. The summed E-state index contributed by atoms with van der Waals surface area (Å²) in [5, 5.41) is 4.45. The standard InChI is InChI=1S/C121H90N10/c1-81-47-51-87(52-48-81)112-79-115(124-120(122-112)89-53-49-82(2)50-54-89)106-68-63-100(73-85(106)5)131-118-71-65-102(127(93-36-16-8-17-37-93)94-38-18-9-19-39-94)76-110(118)111-77-103(66-72-119(111)131)128(95-40-20-10-21-41-95)97-59-55-86(56-60-97)90-31-28-44-99(74-90)129(96-42-22-11-23-43-96)104-67-70-117-109(78-104)108-75-101(126(91-32-12-6-13-33-91)92-34-14-7-15-35-92)64-69-116(108)130(117)98-61-57-88(58-62-98)113-80-114(105-45-26-24-29-83(105)3)125-121(123-113)107-46-27-25-30-84(107)4/h6-80H,1-5H3. The maximum atomic E-state index is 5.33. The van der Waals surface area contributed by atoms with E-state index in [2.05, 4.69) is 518 Å². The first-order valence-electron chi connectivity index (χ1n) is 44.6. The van der Waals surface area contributed by atoms with E-state index < -0.39 is 0 Å². The number of hydrogen-bond donors (Lipinski definition) is 0. The molecule has 0 saturated carbocycles. The predicted molar refractivity (Wildman–Crippen MR) is 547 cm³/mol. The molecule has 624 valence electrons. The van der Waals surface area contributed by atoms with Gasteiger partial charge in [0.05, 0.1) is 44.8 Å². The summed E-state index contributed by atoms with van der Waals surface area (Å²) >= 11 is 0. The molecule has 4 heterocycles. The number of anilines is 12. The lowest BCUT2D eigenvalue weighted by Crippen LogP contribution is -2.10. The molecule has 22 aromatic rings. The summed E-state index contributed by atoms with van der Waals surface area (Å²) < 4.78 is 4.85. The van der Waals surface area contributed by atoms with Gasteiger partial charge in [-0.15, -0.1) is 0 Å². The Kier molecular flexibility index (Phi) is 20.9. The molecule has 0 atom stereocenters. The maximum Gasteiger partial charge on any atom is 0.160 e. The number of rotatable bonds is 21. The molecule has 10 heteroatoms. The van der Waals surface area contributed by atoms with Crippen molar-refractivity contribution >= 4 is 112 Å². The number of aryl methyl sites for hydroxylation is 5. The zero-order valence-electron chi connectivity index (χ0n) is 73.3. The second-order valence-electron chi connectivity index (χ2n) is 33.8. The van der Waals surface area contributed by atoms with Gasteiger partial charge in [-0.25, -0.2) is 19.9 Å². The third-order valence-corrected chi connectivity index (χ3v) is 25.2. The Hall–Kier alpha value is -17.1. The zero-order chi connectivity index (χ0) is 88.0. The largest absolute Gasteiger partial charge is 0.310 e. The van der Waals surface area contributed by atoms with E-state index in [1.807, 2.05) is 0 Å². The quantitative estimate of drug-likeness (QED) is 0.0705. The number of fused-ring (bicyclic) bond motifs is 6. The van der Waals surface area contributed by atoms with E-state index in [0.29, 0.717) is 11.6 Å². The van der Waals surface area contributed by atoms with Crippen LogP contribution in [-0.2, 0) is 0 Å². The van der Waals surface area contributed by atoms with E-state index in [4.69, 9.17) is 19.9 Å². The van der Waals surface area contributed by atoms with Crippen molar-refractivity contribution in [3.8, 4) is 90.3 Å². The molecule has 0 saturated heterocycles. The molecule has 0 bridgehead atoms. The highest BCUT2D eigenvalue weighted by atomic mass is 15.2. The van der Waals surface area contributed by atoms with Gasteiger partial charge in [0.2, 0.25) is 0 Å². The molecule has 22 rings (SSSR count). The fraction of sp³-hybridized carbons (Fsp3) is 0.0413. The minimum Gasteiger partial charge on any atom is -0.310 e. The molecule has 0 fully saturated rings. The van der Waals surface area contributed by atoms with Crippen LogP contribution in [0.15, 0.2) is 455 Å². The van der Waals surface area contributed by atoms with Crippen molar-refractivity contribution in [2.75, 3.05) is 19.6 Å². The van der Waals surface area contributed by atoms with Gasteiger partial charge in [-0.05, 0) is 269 Å². The van der Waals surface area contributed by atoms with Crippen molar-refractivity contribution in [2.45, 2.75) is 34.6 Å². The van der Waals surface area contributed by atoms with Crippen LogP contribution >= 0.6 is 0 Å². The summed E-state index contributed by atoms with van der Waals surface area (Å²) in [4.78, 5) is 30.6. The second kappa shape index (κ2) is 34.4. The van der Waals surface area contributed by atoms with E-state index in [9.17, 15) is 0 Å². The Morgan fingerprint density at radius 1 is 0.176 bits per heavy atom. The molecule has 0 spiro atoms. The molecular formula is C121H90N10. The molecule has 4 aromatic heterocycles. The molecule has 131 heavy (non-hydrogen) atoms. The van der Waals surface area contributed by atoms with Gasteiger partial charge in [-0.1, -0.05) is 260 Å². The first kappa shape index (κ1) is 79.8. The van der Waals surface area contributed by atoms with Crippen LogP contribution in [-0.4, -0.2) is 29.1 Å². The van der Waals surface area contributed by atoms with E-state index in [-0.39, 0.29) is 0 Å². The number of hydrogen-bond acceptors (Lipinski definition) is 8. The van der Waals surface area contributed by atoms with Crippen LogP contribution in [0.25, 0.3) is 134 Å². The second-order valence-corrected chi connectivity index (χ2v) is 33.8. The molecule has 0 aliphatic rings. The minimum absolute atomic E-state index is 0.688. The summed E-state index contributed by atoms with van der Waals surface area (Å²) in [6, 6.07) is 164. The van der Waals surface area contributed by atoms with Gasteiger partial charge in [-0.2, -0.15) is 0 Å². The zero-order valence-corrected chi connectivity index (χ0v) is 73.3. The minimum atomic E-state index is 0.688. The smallest absolute Gasteiger partial charge is 0.160 e. The van der Waals surface area contributed by atoms with Crippen molar-refractivity contribution in [3.63, 3.8) is 0 Å². The Morgan fingerprint density at radius 3 is 0.885 bits per heavy atom. The van der Waals surface area contributed by atoms with Crippen LogP contribution in [0, 0.1) is 34.6 Å². The monoisotopic (exact) mass is 1680 g/mol. The highest BCUT2D eigenvalue weighted by Crippen LogP contribution is 2.48. The average Bonchev–Trinajstić information content (AvgIpc) is 1.59. The van der Waals surface area contributed by atoms with Gasteiger partial charge in [0.1, 0.15) is 0 Å². The normalized spacial score (nSPS) is 11.4. The Balaban J connectivity index is 0.644. The molecule has 0 aliphatic carbocycles. The maximum absolute atomic E-state index is 5.33. The molecular weight excluding hydrogens is 1590 g/mol. The number of aromatic nitrogens is 6. The first-order valence-corrected chi connectivity index (χ1v) is 44.6. The molecule has 0 unspecified atom stereocenters. The SMILES string of the molecule is Cc1ccc(-c2cc(-c3ccc(-n4c5ccc(N(c6ccccc6)c6ccccc6)cc5c5cc(N(c6ccccc6)c6ccc(-c7cccc(N(c8ccccc8)c8ccc9c(c8)c8cc(N(c%10ccccc%10)c%10ccccc%10)ccc8n9-c8ccc(-c9cc(-c%10ccccc%10C)nc(-c%10ccccc%10C)n9)cc8)c7)cc6)ccc54)cc3C)nc(-c3ccc(C)cc3)n2)cc1. The third-order valence-electron chi connectivity index (χ3n) is 25.2. The number of nitrogens with zero attached hydrogens (tertiary/aromatic N) is 10. The lowest BCUT2D eigenvalue weighted by molar-refractivity contribution is 1.16. The molecule has 18 aromatic carbocycles. The van der Waals surface area contributed by atoms with E-state index in [0.717, 1.165) is 207 Å². The van der Waals surface area contributed by atoms with Crippen LogP contribution in [0.1, 0.15) is 27.8 Å². The van der Waals surface area contributed by atoms with E-state index in [1.54, 1.807) is 0 Å².